The van der Waals surface area contributed by atoms with Crippen molar-refractivity contribution in [2.24, 2.45) is 0 Å². The number of benzene rings is 2. The van der Waals surface area contributed by atoms with Crippen molar-refractivity contribution in [3.05, 3.63) is 57.7 Å². The Morgan fingerprint density at radius 1 is 1.08 bits per heavy atom. The number of anilines is 2. The summed E-state index contributed by atoms with van der Waals surface area (Å²) in [7, 11) is 0. The van der Waals surface area contributed by atoms with E-state index in [-0.39, 0.29) is 18.4 Å². The zero-order chi connectivity index (χ0) is 16.9. The Kier molecular flexibility index (Phi) is 5.34. The summed E-state index contributed by atoms with van der Waals surface area (Å²) in [5, 5.41) is 8.85. The van der Waals surface area contributed by atoms with Crippen LogP contribution in [0.15, 0.2) is 48.5 Å². The number of para-hydroxylation sites is 1. The van der Waals surface area contributed by atoms with E-state index in [1.54, 1.807) is 12.1 Å². The highest BCUT2D eigenvalue weighted by Crippen LogP contribution is 2.21. The van der Waals surface area contributed by atoms with Crippen molar-refractivity contribution in [2.75, 3.05) is 17.2 Å². The van der Waals surface area contributed by atoms with Crippen molar-refractivity contribution in [3.63, 3.8) is 0 Å². The molecule has 5 nitrogen and oxygen atoms in total. The van der Waals surface area contributed by atoms with Crippen LogP contribution in [-0.2, 0) is 4.79 Å². The Morgan fingerprint density at radius 2 is 1.88 bits per heavy atom. The molecule has 0 atom stereocenters. The highest BCUT2D eigenvalue weighted by molar-refractivity contribution is 14.1. The van der Waals surface area contributed by atoms with Gasteiger partial charge in [0.1, 0.15) is 0 Å². The van der Waals surface area contributed by atoms with E-state index >= 15 is 0 Å². The molecule has 1 fully saturated rings. The summed E-state index contributed by atoms with van der Waals surface area (Å²) in [6.07, 6.45) is 2.08. The molecule has 24 heavy (non-hydrogen) atoms. The molecule has 6 heteroatoms. The number of amides is 2. The van der Waals surface area contributed by atoms with Gasteiger partial charge >= 0.3 is 0 Å². The van der Waals surface area contributed by atoms with Crippen LogP contribution >= 0.6 is 22.6 Å². The van der Waals surface area contributed by atoms with Crippen molar-refractivity contribution < 1.29 is 9.59 Å². The predicted octanol–water partition coefficient (Wildman–Crippen LogP) is 3.23. The summed E-state index contributed by atoms with van der Waals surface area (Å²) in [5.41, 5.74) is 1.98. The van der Waals surface area contributed by atoms with Gasteiger partial charge in [-0.25, -0.2) is 0 Å². The smallest absolute Gasteiger partial charge is 0.253 e. The van der Waals surface area contributed by atoms with Crippen molar-refractivity contribution in [2.45, 2.75) is 18.9 Å². The number of carbonyl (C=O) groups is 2. The van der Waals surface area contributed by atoms with Crippen molar-refractivity contribution in [1.82, 2.24) is 5.32 Å². The molecule has 0 radical (unpaired) electrons. The number of nitrogens with one attached hydrogen (secondary N) is 3. The minimum Gasteiger partial charge on any atom is -0.376 e. The number of halogens is 1. The van der Waals surface area contributed by atoms with E-state index in [1.165, 1.54) is 0 Å². The van der Waals surface area contributed by atoms with Gasteiger partial charge < -0.3 is 16.0 Å². The molecule has 2 aromatic carbocycles. The molecule has 124 valence electrons. The summed E-state index contributed by atoms with van der Waals surface area (Å²) in [4.78, 5) is 24.3. The fraction of sp³-hybridized carbons (Fsp3) is 0.222. The normalized spacial score (nSPS) is 13.2. The highest BCUT2D eigenvalue weighted by atomic mass is 127. The number of carbonyl (C=O) groups excluding carboxylic acids is 2. The van der Waals surface area contributed by atoms with E-state index in [0.717, 1.165) is 22.1 Å². The maximum Gasteiger partial charge on any atom is 0.253 e. The van der Waals surface area contributed by atoms with E-state index in [9.17, 15) is 9.59 Å². The van der Waals surface area contributed by atoms with Gasteiger partial charge in [-0.05, 0) is 65.8 Å². The van der Waals surface area contributed by atoms with Gasteiger partial charge in [0, 0.05) is 21.0 Å². The molecule has 0 heterocycles. The minimum atomic E-state index is -0.158. The van der Waals surface area contributed by atoms with E-state index < -0.39 is 0 Å². The molecule has 3 N–H and O–H groups in total. The Hall–Kier alpha value is -2.09. The fourth-order valence-corrected chi connectivity index (χ4v) is 2.82. The lowest BCUT2D eigenvalue weighted by Crippen LogP contribution is -2.27. The number of rotatable bonds is 6. The van der Waals surface area contributed by atoms with Gasteiger partial charge in [-0.2, -0.15) is 0 Å². The van der Waals surface area contributed by atoms with E-state index in [4.69, 9.17) is 0 Å². The van der Waals surface area contributed by atoms with Gasteiger partial charge in [0.15, 0.2) is 0 Å². The van der Waals surface area contributed by atoms with Crippen LogP contribution in [0.2, 0.25) is 0 Å². The minimum absolute atomic E-state index is 0.0964. The topological polar surface area (TPSA) is 70.2 Å². The van der Waals surface area contributed by atoms with Gasteiger partial charge in [-0.15, -0.1) is 0 Å². The zero-order valence-corrected chi connectivity index (χ0v) is 15.2. The summed E-state index contributed by atoms with van der Waals surface area (Å²) < 4.78 is 1.06. The Balaban J connectivity index is 1.59. The average molecular weight is 435 g/mol. The third-order valence-corrected chi connectivity index (χ3v) is 4.30. The largest absolute Gasteiger partial charge is 0.376 e. The third kappa shape index (κ3) is 4.70. The SMILES string of the molecule is O=C(CNc1ccccc1C(=O)NC1CC1)Nc1cccc(I)c1. The van der Waals surface area contributed by atoms with E-state index in [2.05, 4.69) is 38.5 Å². The molecule has 1 aliphatic carbocycles. The molecule has 1 aliphatic rings. The maximum atomic E-state index is 12.2. The molecule has 2 amide bonds. The number of hydrogen-bond acceptors (Lipinski definition) is 3. The Labute approximate surface area is 154 Å². The molecule has 0 aromatic heterocycles. The second kappa shape index (κ2) is 7.65. The standard InChI is InChI=1S/C18H18IN3O2/c19-12-4-3-5-14(10-12)21-17(23)11-20-16-7-2-1-6-15(16)18(24)22-13-8-9-13/h1-7,10,13,20H,8-9,11H2,(H,21,23)(H,22,24). The second-order valence-corrected chi connectivity index (χ2v) is 6.95. The van der Waals surface area contributed by atoms with Crippen LogP contribution in [0.1, 0.15) is 23.2 Å². The van der Waals surface area contributed by atoms with Crippen molar-refractivity contribution >= 4 is 45.8 Å². The average Bonchev–Trinajstić information content (AvgIpc) is 3.37. The first-order valence-electron chi connectivity index (χ1n) is 7.81. The summed E-state index contributed by atoms with van der Waals surface area (Å²) in [6.45, 7) is 0.0964. The van der Waals surface area contributed by atoms with Crippen LogP contribution in [0.4, 0.5) is 11.4 Å². The summed E-state index contributed by atoms with van der Waals surface area (Å²) in [5.74, 6) is -0.256. The van der Waals surface area contributed by atoms with E-state index in [0.29, 0.717) is 17.3 Å². The molecule has 0 spiro atoms. The molecule has 0 aliphatic heterocycles. The fourth-order valence-electron chi connectivity index (χ4n) is 2.27. The van der Waals surface area contributed by atoms with Crippen molar-refractivity contribution in [3.8, 4) is 0 Å². The highest BCUT2D eigenvalue weighted by Gasteiger charge is 2.24. The van der Waals surface area contributed by atoms with Crippen LogP contribution in [0, 0.1) is 3.57 Å². The third-order valence-electron chi connectivity index (χ3n) is 3.63. The first-order valence-corrected chi connectivity index (χ1v) is 8.89. The van der Waals surface area contributed by atoms with Crippen LogP contribution < -0.4 is 16.0 Å². The molecule has 0 saturated heterocycles. The quantitative estimate of drug-likeness (QED) is 0.611. The van der Waals surface area contributed by atoms with Crippen LogP contribution in [-0.4, -0.2) is 24.4 Å². The van der Waals surface area contributed by atoms with Gasteiger partial charge in [0.25, 0.3) is 5.91 Å². The number of hydrogen-bond donors (Lipinski definition) is 3. The molecule has 0 bridgehead atoms. The van der Waals surface area contributed by atoms with Crippen LogP contribution in [0.25, 0.3) is 0 Å². The van der Waals surface area contributed by atoms with Crippen LogP contribution in [0.5, 0.6) is 0 Å². The molecular formula is C18H18IN3O2. The Morgan fingerprint density at radius 3 is 2.62 bits per heavy atom. The zero-order valence-electron chi connectivity index (χ0n) is 13.0. The summed E-state index contributed by atoms with van der Waals surface area (Å²) >= 11 is 2.20. The van der Waals surface area contributed by atoms with Crippen LogP contribution in [0.3, 0.4) is 0 Å². The maximum absolute atomic E-state index is 12.2. The molecule has 3 rings (SSSR count). The lowest BCUT2D eigenvalue weighted by molar-refractivity contribution is -0.114. The molecule has 0 unspecified atom stereocenters. The monoisotopic (exact) mass is 435 g/mol. The summed E-state index contributed by atoms with van der Waals surface area (Å²) in [6, 6.07) is 15.1. The molecule has 2 aromatic rings. The second-order valence-electron chi connectivity index (χ2n) is 5.71. The van der Waals surface area contributed by atoms with Gasteiger partial charge in [0.05, 0.1) is 12.1 Å². The molecule has 1 saturated carbocycles. The first-order chi connectivity index (χ1) is 11.6. The Bertz CT molecular complexity index is 759. The lowest BCUT2D eigenvalue weighted by atomic mass is 10.1. The van der Waals surface area contributed by atoms with E-state index in [1.807, 2.05) is 36.4 Å². The lowest BCUT2D eigenvalue weighted by Gasteiger charge is -2.12. The van der Waals surface area contributed by atoms with Gasteiger partial charge in [-0.3, -0.25) is 9.59 Å². The van der Waals surface area contributed by atoms with Gasteiger partial charge in [0.2, 0.25) is 5.91 Å². The van der Waals surface area contributed by atoms with Crippen molar-refractivity contribution in [1.29, 1.82) is 0 Å². The molecular weight excluding hydrogens is 417 g/mol. The van der Waals surface area contributed by atoms with Gasteiger partial charge in [-0.1, -0.05) is 18.2 Å². The first kappa shape index (κ1) is 16.8. The predicted molar refractivity (Wildman–Crippen MR) is 103 cm³/mol.